The fourth-order valence-electron chi connectivity index (χ4n) is 8.48. The second kappa shape index (κ2) is 15.1. The number of hydrogen-bond acceptors (Lipinski definition) is 3. The largest absolute Gasteiger partial charge is 0.208 e. The molecule has 0 saturated heterocycles. The molecule has 0 aliphatic carbocycles. The van der Waals surface area contributed by atoms with Gasteiger partial charge < -0.3 is 0 Å². The van der Waals surface area contributed by atoms with E-state index in [0.29, 0.717) is 17.5 Å². The molecule has 280 valence electrons. The molecule has 0 radical (unpaired) electrons. The quantitative estimate of drug-likeness (QED) is 0.162. The molecule has 3 heteroatoms. The van der Waals surface area contributed by atoms with Crippen molar-refractivity contribution < 1.29 is 0 Å². The van der Waals surface area contributed by atoms with Crippen molar-refractivity contribution in [1.29, 1.82) is 0 Å². The van der Waals surface area contributed by atoms with Gasteiger partial charge >= 0.3 is 0 Å². The predicted octanol–water partition coefficient (Wildman–Crippen LogP) is 15.0. The summed E-state index contributed by atoms with van der Waals surface area (Å²) in [6.45, 7) is 0. The van der Waals surface area contributed by atoms with Gasteiger partial charge in [0.25, 0.3) is 0 Å². The van der Waals surface area contributed by atoms with E-state index in [0.717, 1.165) is 44.2 Å². The first kappa shape index (κ1) is 35.2. The summed E-state index contributed by atoms with van der Waals surface area (Å²) >= 11 is 0. The minimum Gasteiger partial charge on any atom is -0.208 e. The molecule has 3 nitrogen and oxygen atoms in total. The minimum atomic E-state index is 0.625. The zero-order valence-electron chi connectivity index (χ0n) is 32.7. The van der Waals surface area contributed by atoms with Crippen LogP contribution in [-0.4, -0.2) is 15.0 Å². The third kappa shape index (κ3) is 6.58. The highest BCUT2D eigenvalue weighted by Crippen LogP contribution is 2.38. The number of fused-ring (bicyclic) bond motifs is 3. The van der Waals surface area contributed by atoms with Crippen LogP contribution in [0.5, 0.6) is 0 Å². The lowest BCUT2D eigenvalue weighted by Crippen LogP contribution is -2.00. The molecule has 0 saturated carbocycles. The van der Waals surface area contributed by atoms with Crippen molar-refractivity contribution in [2.75, 3.05) is 0 Å². The van der Waals surface area contributed by atoms with E-state index in [-0.39, 0.29) is 0 Å². The van der Waals surface area contributed by atoms with Gasteiger partial charge in [-0.1, -0.05) is 206 Å². The van der Waals surface area contributed by atoms with Crippen molar-refractivity contribution in [2.45, 2.75) is 0 Å². The summed E-state index contributed by atoms with van der Waals surface area (Å²) in [5.41, 5.74) is 12.2. The van der Waals surface area contributed by atoms with Gasteiger partial charge in [-0.2, -0.15) is 0 Å². The first-order valence-electron chi connectivity index (χ1n) is 20.3. The fraction of sp³-hybridized carbons (Fsp3) is 0. The van der Waals surface area contributed by atoms with Gasteiger partial charge in [0.2, 0.25) is 0 Å². The van der Waals surface area contributed by atoms with E-state index in [1.54, 1.807) is 0 Å². The van der Waals surface area contributed by atoms with Crippen LogP contribution in [0.1, 0.15) is 0 Å². The van der Waals surface area contributed by atoms with Crippen LogP contribution in [-0.2, 0) is 0 Å². The summed E-state index contributed by atoms with van der Waals surface area (Å²) in [5, 5.41) is 7.16. The van der Waals surface area contributed by atoms with E-state index in [9.17, 15) is 0 Å². The summed E-state index contributed by atoms with van der Waals surface area (Å²) in [7, 11) is 0. The van der Waals surface area contributed by atoms with Crippen LogP contribution in [0.3, 0.4) is 0 Å². The van der Waals surface area contributed by atoms with Crippen LogP contribution in [0.15, 0.2) is 224 Å². The molecule has 10 aromatic carbocycles. The molecule has 0 fully saturated rings. The summed E-state index contributed by atoms with van der Waals surface area (Å²) < 4.78 is 0. The number of rotatable bonds is 7. The second-order valence-corrected chi connectivity index (χ2v) is 15.2. The Morgan fingerprint density at radius 1 is 0.200 bits per heavy atom. The Bertz CT molecular complexity index is 3350. The smallest absolute Gasteiger partial charge is 0.164 e. The highest BCUT2D eigenvalue weighted by atomic mass is 15.0. The van der Waals surface area contributed by atoms with Gasteiger partial charge in [-0.3, -0.25) is 0 Å². The molecule has 0 unspecified atom stereocenters. The number of hydrogen-bond donors (Lipinski definition) is 0. The van der Waals surface area contributed by atoms with E-state index in [2.05, 4.69) is 224 Å². The van der Waals surface area contributed by atoms with Crippen LogP contribution in [0, 0.1) is 0 Å². The van der Waals surface area contributed by atoms with Crippen LogP contribution < -0.4 is 0 Å². The molecule has 0 amide bonds. The molecule has 11 aromatic rings. The van der Waals surface area contributed by atoms with Crippen molar-refractivity contribution in [2.24, 2.45) is 0 Å². The summed E-state index contributed by atoms with van der Waals surface area (Å²) in [5.74, 6) is 1.88. The number of nitrogens with zero attached hydrogens (tertiary/aromatic N) is 3. The third-order valence-electron chi connectivity index (χ3n) is 11.5. The average Bonchev–Trinajstić information content (AvgIpc) is 3.33. The van der Waals surface area contributed by atoms with Gasteiger partial charge in [-0.25, -0.2) is 15.0 Å². The first-order chi connectivity index (χ1) is 29.7. The Kier molecular flexibility index (Phi) is 8.83. The van der Waals surface area contributed by atoms with Crippen molar-refractivity contribution >= 4 is 32.3 Å². The minimum absolute atomic E-state index is 0.625. The molecule has 0 atom stereocenters. The van der Waals surface area contributed by atoms with Crippen LogP contribution in [0.25, 0.3) is 111 Å². The Morgan fingerprint density at radius 2 is 0.617 bits per heavy atom. The van der Waals surface area contributed by atoms with Crippen LogP contribution >= 0.6 is 0 Å². The molecule has 1 heterocycles. The maximum Gasteiger partial charge on any atom is 0.164 e. The molecule has 0 N–H and O–H groups in total. The zero-order valence-corrected chi connectivity index (χ0v) is 32.7. The molecule has 0 spiro atoms. The fourth-order valence-corrected chi connectivity index (χ4v) is 8.48. The van der Waals surface area contributed by atoms with Gasteiger partial charge in [0.1, 0.15) is 0 Å². The van der Waals surface area contributed by atoms with Crippen molar-refractivity contribution in [1.82, 2.24) is 15.0 Å². The lowest BCUT2D eigenvalue weighted by molar-refractivity contribution is 1.07. The van der Waals surface area contributed by atoms with Crippen molar-refractivity contribution in [3.05, 3.63) is 224 Å². The third-order valence-corrected chi connectivity index (χ3v) is 11.5. The lowest BCUT2D eigenvalue weighted by Gasteiger charge is -2.14. The van der Waals surface area contributed by atoms with E-state index < -0.39 is 0 Å². The van der Waals surface area contributed by atoms with Crippen LogP contribution in [0.4, 0.5) is 0 Å². The van der Waals surface area contributed by atoms with Gasteiger partial charge in [0.15, 0.2) is 17.5 Å². The topological polar surface area (TPSA) is 38.7 Å². The Hall–Kier alpha value is -8.01. The van der Waals surface area contributed by atoms with Gasteiger partial charge in [0.05, 0.1) is 0 Å². The Morgan fingerprint density at radius 3 is 1.32 bits per heavy atom. The first-order valence-corrected chi connectivity index (χ1v) is 20.3. The Balaban J connectivity index is 1.03. The van der Waals surface area contributed by atoms with Crippen molar-refractivity contribution in [3.8, 4) is 78.7 Å². The molecular weight excluding hydrogens is 727 g/mol. The zero-order chi connectivity index (χ0) is 39.8. The highest BCUT2D eigenvalue weighted by molar-refractivity contribution is 6.05. The van der Waals surface area contributed by atoms with E-state index >= 15 is 0 Å². The Labute approximate surface area is 349 Å². The maximum atomic E-state index is 5.20. The second-order valence-electron chi connectivity index (χ2n) is 15.2. The monoisotopic (exact) mass is 763 g/mol. The number of benzene rings is 10. The molecule has 0 bridgehead atoms. The summed E-state index contributed by atoms with van der Waals surface area (Å²) in [6.07, 6.45) is 0. The van der Waals surface area contributed by atoms with Gasteiger partial charge in [0, 0.05) is 16.7 Å². The van der Waals surface area contributed by atoms with Gasteiger partial charge in [-0.15, -0.1) is 0 Å². The van der Waals surface area contributed by atoms with Gasteiger partial charge in [-0.05, 0) is 95.0 Å². The summed E-state index contributed by atoms with van der Waals surface area (Å²) in [6, 6.07) is 79.5. The highest BCUT2D eigenvalue weighted by Gasteiger charge is 2.16. The molecule has 60 heavy (non-hydrogen) atoms. The van der Waals surface area contributed by atoms with E-state index in [1.807, 2.05) is 0 Å². The number of aromatic nitrogens is 3. The molecule has 0 aliphatic rings. The van der Waals surface area contributed by atoms with E-state index in [4.69, 9.17) is 15.0 Å². The average molecular weight is 764 g/mol. The normalized spacial score (nSPS) is 11.3. The molecule has 11 rings (SSSR count). The SMILES string of the molecule is c1ccc(-c2ccc3cc(-c4nc(-c5ccc(-c6cccc7ccccc67)cc5)nc(-c5cccc(-c6ccc(-c7ccccc7)c7ccccc67)c5)n4)ccc3c2)cc1. The lowest BCUT2D eigenvalue weighted by atomic mass is 9.91. The standard InChI is InChI=1S/C57H37N3/c1-3-13-38(14-4-1)43-29-30-45-36-48(32-31-44(45)35-43)57-59-55(42-27-25-41(26-28-42)50-24-12-18-40-17-7-8-21-49(40)50)58-56(60-57)47-20-11-19-46(37-47)52-34-33-51(39-15-5-2-6-16-39)53-22-9-10-23-54(52)53/h1-37H. The summed E-state index contributed by atoms with van der Waals surface area (Å²) in [4.78, 5) is 15.5. The molecular formula is C57H37N3. The predicted molar refractivity (Wildman–Crippen MR) is 250 cm³/mol. The van der Waals surface area contributed by atoms with Crippen molar-refractivity contribution in [3.63, 3.8) is 0 Å². The van der Waals surface area contributed by atoms with E-state index in [1.165, 1.54) is 49.4 Å². The molecule has 0 aliphatic heterocycles. The molecule has 1 aromatic heterocycles. The van der Waals surface area contributed by atoms with Crippen LogP contribution in [0.2, 0.25) is 0 Å². The maximum absolute atomic E-state index is 5.20.